The smallest absolute Gasteiger partial charge is 0.222 e. The zero-order valence-electron chi connectivity index (χ0n) is 12.3. The van der Waals surface area contributed by atoms with Crippen LogP contribution >= 0.6 is 0 Å². The molecule has 0 radical (unpaired) electrons. The fraction of sp³-hybridized carbons (Fsp3) is 0.714. The Kier molecular flexibility index (Phi) is 3.76. The number of rotatable bonds is 3. The zero-order valence-corrected chi connectivity index (χ0v) is 12.3. The minimum Gasteiger partial charge on any atom is -0.379 e. The van der Waals surface area contributed by atoms with E-state index in [0.717, 1.165) is 57.3 Å². The first kappa shape index (κ1) is 13.6. The van der Waals surface area contributed by atoms with Gasteiger partial charge in [0.1, 0.15) is 5.82 Å². The van der Waals surface area contributed by atoms with Crippen molar-refractivity contribution in [2.75, 3.05) is 50.0 Å². The Hall–Kier alpha value is -1.40. The molecule has 3 heterocycles. The Morgan fingerprint density at radius 2 is 1.95 bits per heavy atom. The van der Waals surface area contributed by atoms with Crippen LogP contribution in [0.15, 0.2) is 0 Å². The lowest BCUT2D eigenvalue weighted by atomic mass is 10.0. The van der Waals surface area contributed by atoms with Crippen LogP contribution in [0.2, 0.25) is 0 Å². The molecule has 2 aliphatic rings. The molecule has 0 unspecified atom stereocenters. The van der Waals surface area contributed by atoms with E-state index in [2.05, 4.69) is 33.6 Å². The number of anilines is 2. The fourth-order valence-electron chi connectivity index (χ4n) is 3.02. The highest BCUT2D eigenvalue weighted by molar-refractivity contribution is 5.53. The molecule has 3 rings (SSSR count). The van der Waals surface area contributed by atoms with Crippen molar-refractivity contribution in [2.24, 2.45) is 0 Å². The highest BCUT2D eigenvalue weighted by atomic mass is 16.5. The molecule has 6 heteroatoms. The largest absolute Gasteiger partial charge is 0.379 e. The zero-order chi connectivity index (χ0) is 14.1. The predicted octanol–water partition coefficient (Wildman–Crippen LogP) is 0.450. The van der Waals surface area contributed by atoms with Crippen molar-refractivity contribution in [3.63, 3.8) is 0 Å². The molecule has 0 aliphatic carbocycles. The number of aromatic nitrogens is 2. The molecule has 0 saturated carbocycles. The lowest BCUT2D eigenvalue weighted by Gasteiger charge is -2.47. The number of nitrogen functional groups attached to an aromatic ring is 1. The Bertz CT molecular complexity index is 481. The van der Waals surface area contributed by atoms with E-state index in [9.17, 15) is 0 Å². The third-order valence-corrected chi connectivity index (χ3v) is 4.30. The van der Waals surface area contributed by atoms with E-state index in [0.29, 0.717) is 12.0 Å². The molecular formula is C14H23N5O. The summed E-state index contributed by atoms with van der Waals surface area (Å²) in [4.78, 5) is 13.6. The number of aryl methyl sites for hydroxylation is 1. The highest BCUT2D eigenvalue weighted by Gasteiger charge is 2.34. The van der Waals surface area contributed by atoms with Crippen molar-refractivity contribution in [2.45, 2.75) is 26.3 Å². The molecule has 1 aromatic heterocycles. The summed E-state index contributed by atoms with van der Waals surface area (Å²) in [6.45, 7) is 10.1. The third-order valence-electron chi connectivity index (χ3n) is 4.30. The van der Waals surface area contributed by atoms with Crippen molar-refractivity contribution in [1.82, 2.24) is 14.9 Å². The quantitative estimate of drug-likeness (QED) is 0.865. The van der Waals surface area contributed by atoms with Gasteiger partial charge in [-0.15, -0.1) is 0 Å². The van der Waals surface area contributed by atoms with Crippen molar-refractivity contribution in [3.8, 4) is 0 Å². The Labute approximate surface area is 119 Å². The molecule has 1 aromatic rings. The summed E-state index contributed by atoms with van der Waals surface area (Å²) in [6.07, 6.45) is 0.895. The second-order valence-corrected chi connectivity index (χ2v) is 5.54. The first-order valence-electron chi connectivity index (χ1n) is 7.38. The van der Waals surface area contributed by atoms with Crippen LogP contribution in [-0.2, 0) is 11.2 Å². The van der Waals surface area contributed by atoms with Gasteiger partial charge < -0.3 is 15.4 Å². The van der Waals surface area contributed by atoms with E-state index in [1.807, 2.05) is 0 Å². The molecule has 2 fully saturated rings. The maximum absolute atomic E-state index is 5.82. The van der Waals surface area contributed by atoms with Gasteiger partial charge in [-0.2, -0.15) is 4.98 Å². The number of nitrogens with zero attached hydrogens (tertiary/aromatic N) is 4. The van der Waals surface area contributed by atoms with E-state index in [1.54, 1.807) is 0 Å². The number of ether oxygens (including phenoxy) is 1. The molecule has 2 saturated heterocycles. The molecule has 0 bridgehead atoms. The van der Waals surface area contributed by atoms with Crippen LogP contribution in [-0.4, -0.2) is 60.3 Å². The second kappa shape index (κ2) is 5.54. The van der Waals surface area contributed by atoms with Crippen LogP contribution in [0, 0.1) is 6.92 Å². The number of hydrogen-bond acceptors (Lipinski definition) is 6. The molecule has 110 valence electrons. The van der Waals surface area contributed by atoms with Gasteiger partial charge in [0.25, 0.3) is 0 Å². The van der Waals surface area contributed by atoms with Gasteiger partial charge in [-0.1, -0.05) is 6.92 Å². The Balaban J connectivity index is 1.68. The maximum atomic E-state index is 5.82. The number of hydrogen-bond donors (Lipinski definition) is 1. The molecule has 20 heavy (non-hydrogen) atoms. The minimum atomic E-state index is 0.386. The molecule has 0 amide bonds. The summed E-state index contributed by atoms with van der Waals surface area (Å²) < 4.78 is 5.40. The minimum absolute atomic E-state index is 0.386. The van der Waals surface area contributed by atoms with Gasteiger partial charge in [-0.3, -0.25) is 4.90 Å². The van der Waals surface area contributed by atoms with Crippen LogP contribution in [0.4, 0.5) is 11.8 Å². The van der Waals surface area contributed by atoms with Crippen molar-refractivity contribution in [3.05, 3.63) is 11.3 Å². The summed E-state index contributed by atoms with van der Waals surface area (Å²) >= 11 is 0. The number of nitrogens with two attached hydrogens (primary N) is 1. The summed E-state index contributed by atoms with van der Waals surface area (Å²) in [5.74, 6) is 1.40. The van der Waals surface area contributed by atoms with Gasteiger partial charge in [0.15, 0.2) is 0 Å². The molecule has 2 aliphatic heterocycles. The Morgan fingerprint density at radius 3 is 2.60 bits per heavy atom. The van der Waals surface area contributed by atoms with Crippen molar-refractivity contribution < 1.29 is 4.74 Å². The van der Waals surface area contributed by atoms with Gasteiger partial charge in [-0.05, 0) is 13.3 Å². The summed E-state index contributed by atoms with van der Waals surface area (Å²) in [6, 6.07) is 0.625. The van der Waals surface area contributed by atoms with Gasteiger partial charge >= 0.3 is 0 Å². The molecule has 0 aromatic carbocycles. The van der Waals surface area contributed by atoms with Gasteiger partial charge in [0.2, 0.25) is 5.95 Å². The molecule has 2 N–H and O–H groups in total. The SMILES string of the molecule is CCc1nc(N)nc(N2CC(N3CCOCC3)C2)c1C. The average molecular weight is 277 g/mol. The van der Waals surface area contributed by atoms with E-state index in [1.165, 1.54) is 5.56 Å². The van der Waals surface area contributed by atoms with Crippen LogP contribution < -0.4 is 10.6 Å². The van der Waals surface area contributed by atoms with E-state index >= 15 is 0 Å². The van der Waals surface area contributed by atoms with Gasteiger partial charge in [0, 0.05) is 37.8 Å². The van der Waals surface area contributed by atoms with Crippen LogP contribution in [0.3, 0.4) is 0 Å². The van der Waals surface area contributed by atoms with Crippen LogP contribution in [0.5, 0.6) is 0 Å². The fourth-order valence-corrected chi connectivity index (χ4v) is 3.02. The summed E-state index contributed by atoms with van der Waals surface area (Å²) in [7, 11) is 0. The number of morpholine rings is 1. The first-order chi connectivity index (χ1) is 9.69. The lowest BCUT2D eigenvalue weighted by molar-refractivity contribution is 0.0104. The monoisotopic (exact) mass is 277 g/mol. The first-order valence-corrected chi connectivity index (χ1v) is 7.38. The summed E-state index contributed by atoms with van der Waals surface area (Å²) in [5, 5.41) is 0. The molecule has 6 nitrogen and oxygen atoms in total. The second-order valence-electron chi connectivity index (χ2n) is 5.54. The average Bonchev–Trinajstić information content (AvgIpc) is 2.41. The van der Waals surface area contributed by atoms with Crippen LogP contribution in [0.25, 0.3) is 0 Å². The normalized spacial score (nSPS) is 21.0. The topological polar surface area (TPSA) is 67.5 Å². The molecule has 0 atom stereocenters. The standard InChI is InChI=1S/C14H23N5O/c1-3-12-10(2)13(17-14(15)16-12)19-8-11(9-19)18-4-6-20-7-5-18/h11H,3-9H2,1-2H3,(H2,15,16,17). The van der Waals surface area contributed by atoms with Gasteiger partial charge in [-0.25, -0.2) is 4.98 Å². The lowest BCUT2D eigenvalue weighted by Crippen LogP contribution is -2.62. The van der Waals surface area contributed by atoms with Gasteiger partial charge in [0.05, 0.1) is 18.9 Å². The highest BCUT2D eigenvalue weighted by Crippen LogP contribution is 2.27. The predicted molar refractivity (Wildman–Crippen MR) is 79.0 cm³/mol. The Morgan fingerprint density at radius 1 is 1.25 bits per heavy atom. The van der Waals surface area contributed by atoms with E-state index in [-0.39, 0.29) is 0 Å². The van der Waals surface area contributed by atoms with E-state index in [4.69, 9.17) is 10.5 Å². The van der Waals surface area contributed by atoms with Crippen molar-refractivity contribution >= 4 is 11.8 Å². The van der Waals surface area contributed by atoms with E-state index < -0.39 is 0 Å². The third kappa shape index (κ3) is 2.45. The van der Waals surface area contributed by atoms with Crippen LogP contribution in [0.1, 0.15) is 18.2 Å². The summed E-state index contributed by atoms with van der Waals surface area (Å²) in [5.41, 5.74) is 8.05. The molecular weight excluding hydrogens is 254 g/mol. The maximum Gasteiger partial charge on any atom is 0.222 e. The molecule has 0 spiro atoms. The van der Waals surface area contributed by atoms with Crippen molar-refractivity contribution in [1.29, 1.82) is 0 Å².